The summed E-state index contributed by atoms with van der Waals surface area (Å²) in [5.74, 6) is -0.527. The zero-order chi connectivity index (χ0) is 13.8. The van der Waals surface area contributed by atoms with Gasteiger partial charge in [-0.2, -0.15) is 0 Å². The Bertz CT molecular complexity index is 649. The number of halogens is 1. The van der Waals surface area contributed by atoms with Gasteiger partial charge in [-0.3, -0.25) is 9.36 Å². The van der Waals surface area contributed by atoms with Crippen molar-refractivity contribution in [1.82, 2.24) is 4.57 Å². The van der Waals surface area contributed by atoms with Gasteiger partial charge in [0.1, 0.15) is 5.69 Å². The van der Waals surface area contributed by atoms with Crippen molar-refractivity contribution in [3.63, 3.8) is 0 Å². The molecule has 0 unspecified atom stereocenters. The second-order valence-electron chi connectivity index (χ2n) is 3.93. The molecule has 0 fully saturated rings. The number of ether oxygens (including phenoxy) is 1. The number of hydrogen-bond donors (Lipinski definition) is 0. The fourth-order valence-electron chi connectivity index (χ4n) is 1.76. The van der Waals surface area contributed by atoms with Crippen molar-refractivity contribution >= 4 is 21.9 Å². The standard InChI is InChI=1S/C14H12BrNO3/c1-19-14(18)12-8-7-11(15)13(17)16(12)9-10-5-3-2-4-6-10/h2-8H,9H2,1H3. The van der Waals surface area contributed by atoms with E-state index in [1.807, 2.05) is 30.3 Å². The molecule has 0 amide bonds. The highest BCUT2D eigenvalue weighted by Crippen LogP contribution is 2.09. The normalized spacial score (nSPS) is 10.2. The van der Waals surface area contributed by atoms with Crippen LogP contribution in [0.2, 0.25) is 0 Å². The number of rotatable bonds is 3. The summed E-state index contributed by atoms with van der Waals surface area (Å²) in [7, 11) is 1.29. The molecule has 2 rings (SSSR count). The third kappa shape index (κ3) is 2.93. The lowest BCUT2D eigenvalue weighted by molar-refractivity contribution is 0.0587. The predicted octanol–water partition coefficient (Wildman–Crippen LogP) is 2.45. The highest BCUT2D eigenvalue weighted by Gasteiger charge is 2.14. The Morgan fingerprint density at radius 1 is 1.21 bits per heavy atom. The quantitative estimate of drug-likeness (QED) is 0.816. The van der Waals surface area contributed by atoms with E-state index in [4.69, 9.17) is 4.74 Å². The van der Waals surface area contributed by atoms with Crippen molar-refractivity contribution in [2.75, 3.05) is 7.11 Å². The van der Waals surface area contributed by atoms with E-state index in [0.717, 1.165) is 5.56 Å². The summed E-state index contributed by atoms with van der Waals surface area (Å²) in [6.45, 7) is 0.323. The van der Waals surface area contributed by atoms with Gasteiger partial charge in [0.05, 0.1) is 18.1 Å². The average Bonchev–Trinajstić information content (AvgIpc) is 2.44. The van der Waals surface area contributed by atoms with E-state index in [1.165, 1.54) is 11.7 Å². The first-order chi connectivity index (χ1) is 9.13. The van der Waals surface area contributed by atoms with Crippen molar-refractivity contribution in [2.24, 2.45) is 0 Å². The van der Waals surface area contributed by atoms with E-state index in [9.17, 15) is 9.59 Å². The molecule has 98 valence electrons. The van der Waals surface area contributed by atoms with Gasteiger partial charge in [0.25, 0.3) is 5.56 Å². The van der Waals surface area contributed by atoms with Crippen LogP contribution in [0.4, 0.5) is 0 Å². The summed E-state index contributed by atoms with van der Waals surface area (Å²) < 4.78 is 6.50. The van der Waals surface area contributed by atoms with Gasteiger partial charge in [-0.25, -0.2) is 4.79 Å². The lowest BCUT2D eigenvalue weighted by Crippen LogP contribution is -2.27. The number of benzene rings is 1. The van der Waals surface area contributed by atoms with Crippen LogP contribution >= 0.6 is 15.9 Å². The van der Waals surface area contributed by atoms with E-state index in [-0.39, 0.29) is 11.3 Å². The molecule has 0 aliphatic carbocycles. The van der Waals surface area contributed by atoms with Gasteiger partial charge in [0.2, 0.25) is 0 Å². The number of esters is 1. The number of carbonyl (C=O) groups is 1. The Morgan fingerprint density at radius 3 is 2.53 bits per heavy atom. The summed E-state index contributed by atoms with van der Waals surface area (Å²) in [6.07, 6.45) is 0. The largest absolute Gasteiger partial charge is 0.464 e. The third-order valence-electron chi connectivity index (χ3n) is 2.71. The van der Waals surface area contributed by atoms with Crippen LogP contribution in [0.25, 0.3) is 0 Å². The number of carbonyl (C=O) groups excluding carboxylic acids is 1. The lowest BCUT2D eigenvalue weighted by atomic mass is 10.2. The van der Waals surface area contributed by atoms with Gasteiger partial charge in [-0.1, -0.05) is 30.3 Å². The molecule has 0 saturated heterocycles. The predicted molar refractivity (Wildman–Crippen MR) is 75.3 cm³/mol. The van der Waals surface area contributed by atoms with E-state index in [0.29, 0.717) is 11.0 Å². The Labute approximate surface area is 118 Å². The Morgan fingerprint density at radius 2 is 1.89 bits per heavy atom. The zero-order valence-corrected chi connectivity index (χ0v) is 11.9. The highest BCUT2D eigenvalue weighted by atomic mass is 79.9. The summed E-state index contributed by atoms with van der Waals surface area (Å²) in [4.78, 5) is 23.8. The number of methoxy groups -OCH3 is 1. The van der Waals surface area contributed by atoms with Crippen LogP contribution in [-0.4, -0.2) is 17.6 Å². The molecule has 0 saturated carbocycles. The van der Waals surface area contributed by atoms with Gasteiger partial charge in [-0.15, -0.1) is 0 Å². The lowest BCUT2D eigenvalue weighted by Gasteiger charge is -2.11. The van der Waals surface area contributed by atoms with Crippen molar-refractivity contribution in [1.29, 1.82) is 0 Å². The molecule has 0 spiro atoms. The Kier molecular flexibility index (Phi) is 4.16. The second-order valence-corrected chi connectivity index (χ2v) is 4.79. The maximum Gasteiger partial charge on any atom is 0.354 e. The topological polar surface area (TPSA) is 48.3 Å². The van der Waals surface area contributed by atoms with Gasteiger partial charge < -0.3 is 4.74 Å². The molecular weight excluding hydrogens is 310 g/mol. The van der Waals surface area contributed by atoms with Crippen LogP contribution in [0.1, 0.15) is 16.1 Å². The van der Waals surface area contributed by atoms with Crippen molar-refractivity contribution in [2.45, 2.75) is 6.54 Å². The SMILES string of the molecule is COC(=O)c1ccc(Br)c(=O)n1Cc1ccccc1. The van der Waals surface area contributed by atoms with E-state index < -0.39 is 5.97 Å². The first-order valence-corrected chi connectivity index (χ1v) is 6.44. The summed E-state index contributed by atoms with van der Waals surface area (Å²) in [6, 6.07) is 12.6. The zero-order valence-electron chi connectivity index (χ0n) is 10.3. The fourth-order valence-corrected chi connectivity index (χ4v) is 2.10. The number of nitrogens with zero attached hydrogens (tertiary/aromatic N) is 1. The smallest absolute Gasteiger partial charge is 0.354 e. The number of pyridine rings is 1. The van der Waals surface area contributed by atoms with Gasteiger partial charge in [-0.05, 0) is 33.6 Å². The molecule has 4 nitrogen and oxygen atoms in total. The molecule has 0 bridgehead atoms. The summed E-state index contributed by atoms with van der Waals surface area (Å²) in [5, 5.41) is 0. The third-order valence-corrected chi connectivity index (χ3v) is 3.31. The monoisotopic (exact) mass is 321 g/mol. The molecule has 0 aliphatic heterocycles. The molecule has 0 N–H and O–H groups in total. The molecule has 0 atom stereocenters. The molecule has 1 heterocycles. The fraction of sp³-hybridized carbons (Fsp3) is 0.143. The van der Waals surface area contributed by atoms with Gasteiger partial charge >= 0.3 is 5.97 Å². The number of aromatic nitrogens is 1. The van der Waals surface area contributed by atoms with Crippen LogP contribution < -0.4 is 5.56 Å². The molecule has 5 heteroatoms. The van der Waals surface area contributed by atoms with E-state index in [1.54, 1.807) is 12.1 Å². The maximum absolute atomic E-state index is 12.1. The molecule has 19 heavy (non-hydrogen) atoms. The first kappa shape index (κ1) is 13.5. The number of hydrogen-bond acceptors (Lipinski definition) is 3. The molecule has 2 aromatic rings. The van der Waals surface area contributed by atoms with Crippen molar-refractivity contribution in [3.05, 3.63) is 68.5 Å². The minimum atomic E-state index is -0.527. The van der Waals surface area contributed by atoms with E-state index >= 15 is 0 Å². The van der Waals surface area contributed by atoms with Crippen LogP contribution in [0.15, 0.2) is 51.7 Å². The molecule has 0 radical (unpaired) electrons. The molecule has 0 aliphatic rings. The van der Waals surface area contributed by atoms with Crippen LogP contribution in [0, 0.1) is 0 Å². The molecule has 1 aromatic heterocycles. The summed E-state index contributed by atoms with van der Waals surface area (Å²) >= 11 is 3.18. The maximum atomic E-state index is 12.1. The van der Waals surface area contributed by atoms with E-state index in [2.05, 4.69) is 15.9 Å². The van der Waals surface area contributed by atoms with Crippen molar-refractivity contribution < 1.29 is 9.53 Å². The minimum absolute atomic E-state index is 0.236. The van der Waals surface area contributed by atoms with Gasteiger partial charge in [0.15, 0.2) is 0 Å². The first-order valence-electron chi connectivity index (χ1n) is 5.65. The molecular formula is C14H12BrNO3. The summed E-state index contributed by atoms with van der Waals surface area (Å²) in [5.41, 5.74) is 0.916. The van der Waals surface area contributed by atoms with Crippen molar-refractivity contribution in [3.8, 4) is 0 Å². The average molecular weight is 322 g/mol. The highest BCUT2D eigenvalue weighted by molar-refractivity contribution is 9.10. The Hall–Kier alpha value is -1.88. The molecule has 1 aromatic carbocycles. The van der Waals surface area contributed by atoms with Crippen LogP contribution in [-0.2, 0) is 11.3 Å². The van der Waals surface area contributed by atoms with Crippen LogP contribution in [0.5, 0.6) is 0 Å². The Balaban J connectivity index is 2.51. The van der Waals surface area contributed by atoms with Gasteiger partial charge in [0, 0.05) is 0 Å². The van der Waals surface area contributed by atoms with Crippen LogP contribution in [0.3, 0.4) is 0 Å². The minimum Gasteiger partial charge on any atom is -0.464 e. The second kappa shape index (κ2) is 5.84.